The molecular formula is C17H34N2O2. The second kappa shape index (κ2) is 9.78. The number of ether oxygens (including phenoxy) is 2. The number of hydrogen-bond acceptors (Lipinski definition) is 4. The molecule has 0 saturated carbocycles. The molecule has 0 N–H and O–H groups in total. The summed E-state index contributed by atoms with van der Waals surface area (Å²) in [6.07, 6.45) is 8.64. The van der Waals surface area contributed by atoms with Crippen molar-refractivity contribution in [2.24, 2.45) is 0 Å². The van der Waals surface area contributed by atoms with Crippen molar-refractivity contribution in [3.05, 3.63) is 0 Å². The first-order chi connectivity index (χ1) is 10.3. The van der Waals surface area contributed by atoms with Crippen LogP contribution in [0.1, 0.15) is 45.4 Å². The van der Waals surface area contributed by atoms with Crippen molar-refractivity contribution < 1.29 is 9.47 Å². The SMILES string of the molecule is CCCCCCCCN1CCN(C2COCC2OC)CC1. The van der Waals surface area contributed by atoms with Gasteiger partial charge in [0, 0.05) is 33.3 Å². The van der Waals surface area contributed by atoms with Crippen molar-refractivity contribution in [2.75, 3.05) is 53.0 Å². The Hall–Kier alpha value is -0.160. The van der Waals surface area contributed by atoms with E-state index in [4.69, 9.17) is 9.47 Å². The Bertz CT molecular complexity index is 268. The van der Waals surface area contributed by atoms with Crippen molar-refractivity contribution in [3.8, 4) is 0 Å². The van der Waals surface area contributed by atoms with Gasteiger partial charge in [0.25, 0.3) is 0 Å². The van der Waals surface area contributed by atoms with Gasteiger partial charge in [0.1, 0.15) is 0 Å². The van der Waals surface area contributed by atoms with Crippen molar-refractivity contribution in [2.45, 2.75) is 57.6 Å². The number of hydrogen-bond donors (Lipinski definition) is 0. The fraction of sp³-hybridized carbons (Fsp3) is 1.00. The van der Waals surface area contributed by atoms with Crippen LogP contribution in [0, 0.1) is 0 Å². The van der Waals surface area contributed by atoms with Crippen LogP contribution in [0.25, 0.3) is 0 Å². The minimum atomic E-state index is 0.273. The molecule has 0 amide bonds. The summed E-state index contributed by atoms with van der Waals surface area (Å²) in [4.78, 5) is 5.20. The van der Waals surface area contributed by atoms with Gasteiger partial charge in [0.15, 0.2) is 0 Å². The van der Waals surface area contributed by atoms with E-state index in [9.17, 15) is 0 Å². The average molecular weight is 298 g/mol. The van der Waals surface area contributed by atoms with Crippen LogP contribution in [0.5, 0.6) is 0 Å². The third-order valence-electron chi connectivity index (χ3n) is 5.01. The Morgan fingerprint density at radius 3 is 2.38 bits per heavy atom. The summed E-state index contributed by atoms with van der Waals surface area (Å²) >= 11 is 0. The molecule has 0 aromatic carbocycles. The highest BCUT2D eigenvalue weighted by atomic mass is 16.5. The lowest BCUT2D eigenvalue weighted by molar-refractivity contribution is 0.0193. The molecular weight excluding hydrogens is 264 g/mol. The van der Waals surface area contributed by atoms with Gasteiger partial charge in [-0.2, -0.15) is 0 Å². The lowest BCUT2D eigenvalue weighted by Gasteiger charge is -2.39. The Balaban J connectivity index is 1.56. The molecule has 124 valence electrons. The van der Waals surface area contributed by atoms with Crippen LogP contribution in [0.2, 0.25) is 0 Å². The van der Waals surface area contributed by atoms with Crippen LogP contribution in [0.3, 0.4) is 0 Å². The summed E-state index contributed by atoms with van der Waals surface area (Å²) in [5.74, 6) is 0. The largest absolute Gasteiger partial charge is 0.377 e. The van der Waals surface area contributed by atoms with Gasteiger partial charge in [-0.3, -0.25) is 4.90 Å². The monoisotopic (exact) mass is 298 g/mol. The zero-order chi connectivity index (χ0) is 14.9. The van der Waals surface area contributed by atoms with Crippen LogP contribution in [-0.4, -0.2) is 75.0 Å². The van der Waals surface area contributed by atoms with E-state index >= 15 is 0 Å². The second-order valence-corrected chi connectivity index (χ2v) is 6.52. The molecule has 0 bridgehead atoms. The highest BCUT2D eigenvalue weighted by molar-refractivity contribution is 4.87. The van der Waals surface area contributed by atoms with Crippen LogP contribution >= 0.6 is 0 Å². The summed E-state index contributed by atoms with van der Waals surface area (Å²) in [6.45, 7) is 9.93. The van der Waals surface area contributed by atoms with E-state index in [1.165, 1.54) is 71.2 Å². The number of methoxy groups -OCH3 is 1. The molecule has 2 aliphatic rings. The van der Waals surface area contributed by atoms with Crippen molar-refractivity contribution in [3.63, 3.8) is 0 Å². The zero-order valence-corrected chi connectivity index (χ0v) is 14.1. The Morgan fingerprint density at radius 1 is 0.952 bits per heavy atom. The number of unbranched alkanes of at least 4 members (excludes halogenated alkanes) is 5. The van der Waals surface area contributed by atoms with E-state index in [1.54, 1.807) is 7.11 Å². The molecule has 0 spiro atoms. The maximum Gasteiger partial charge on any atom is 0.0981 e. The summed E-state index contributed by atoms with van der Waals surface area (Å²) in [7, 11) is 1.81. The lowest BCUT2D eigenvalue weighted by atomic mass is 10.1. The molecule has 2 aliphatic heterocycles. The first kappa shape index (κ1) is 17.2. The first-order valence-corrected chi connectivity index (χ1v) is 8.92. The van der Waals surface area contributed by atoms with Gasteiger partial charge in [-0.05, 0) is 13.0 Å². The molecule has 21 heavy (non-hydrogen) atoms. The number of rotatable bonds is 9. The van der Waals surface area contributed by atoms with E-state index in [1.807, 2.05) is 0 Å². The molecule has 2 unspecified atom stereocenters. The van der Waals surface area contributed by atoms with E-state index in [0.717, 1.165) is 13.2 Å². The fourth-order valence-corrected chi connectivity index (χ4v) is 3.52. The Kier molecular flexibility index (Phi) is 8.01. The summed E-state index contributed by atoms with van der Waals surface area (Å²) in [5.41, 5.74) is 0. The molecule has 2 rings (SSSR count). The summed E-state index contributed by atoms with van der Waals surface area (Å²) in [6, 6.07) is 0.478. The van der Waals surface area contributed by atoms with Gasteiger partial charge >= 0.3 is 0 Å². The molecule has 0 aromatic rings. The van der Waals surface area contributed by atoms with Crippen molar-refractivity contribution in [1.82, 2.24) is 9.80 Å². The van der Waals surface area contributed by atoms with Crippen LogP contribution in [0.15, 0.2) is 0 Å². The van der Waals surface area contributed by atoms with Gasteiger partial charge in [-0.1, -0.05) is 39.0 Å². The predicted molar refractivity (Wildman–Crippen MR) is 86.8 cm³/mol. The highest BCUT2D eigenvalue weighted by Gasteiger charge is 2.34. The minimum absolute atomic E-state index is 0.273. The molecule has 2 fully saturated rings. The topological polar surface area (TPSA) is 24.9 Å². The number of nitrogens with zero attached hydrogens (tertiary/aromatic N) is 2. The fourth-order valence-electron chi connectivity index (χ4n) is 3.52. The molecule has 4 heteroatoms. The maximum atomic E-state index is 5.57. The summed E-state index contributed by atoms with van der Waals surface area (Å²) < 4.78 is 11.1. The van der Waals surface area contributed by atoms with Crippen LogP contribution < -0.4 is 0 Å². The third-order valence-corrected chi connectivity index (χ3v) is 5.01. The minimum Gasteiger partial charge on any atom is -0.377 e. The Morgan fingerprint density at radius 2 is 1.67 bits per heavy atom. The van der Waals surface area contributed by atoms with Crippen LogP contribution in [-0.2, 0) is 9.47 Å². The van der Waals surface area contributed by atoms with Crippen molar-refractivity contribution >= 4 is 0 Å². The van der Waals surface area contributed by atoms with E-state index in [0.29, 0.717) is 6.04 Å². The third kappa shape index (κ3) is 5.51. The van der Waals surface area contributed by atoms with Gasteiger partial charge in [-0.15, -0.1) is 0 Å². The normalized spacial score (nSPS) is 28.3. The standard InChI is InChI=1S/C17H34N2O2/c1-3-4-5-6-7-8-9-18-10-12-19(13-11-18)16-14-21-15-17(16)20-2/h16-17H,3-15H2,1-2H3. The predicted octanol–water partition coefficient (Wildman–Crippen LogP) is 2.38. The molecule has 2 saturated heterocycles. The smallest absolute Gasteiger partial charge is 0.0981 e. The van der Waals surface area contributed by atoms with E-state index in [-0.39, 0.29) is 6.10 Å². The highest BCUT2D eigenvalue weighted by Crippen LogP contribution is 2.18. The average Bonchev–Trinajstić information content (AvgIpc) is 3.00. The quantitative estimate of drug-likeness (QED) is 0.610. The molecule has 2 atom stereocenters. The molecule has 0 aromatic heterocycles. The first-order valence-electron chi connectivity index (χ1n) is 8.92. The maximum absolute atomic E-state index is 5.57. The van der Waals surface area contributed by atoms with Gasteiger partial charge < -0.3 is 14.4 Å². The van der Waals surface area contributed by atoms with Crippen LogP contribution in [0.4, 0.5) is 0 Å². The molecule has 0 radical (unpaired) electrons. The molecule has 2 heterocycles. The van der Waals surface area contributed by atoms with Crippen molar-refractivity contribution in [1.29, 1.82) is 0 Å². The van der Waals surface area contributed by atoms with Gasteiger partial charge in [0.05, 0.1) is 25.4 Å². The second-order valence-electron chi connectivity index (χ2n) is 6.52. The lowest BCUT2D eigenvalue weighted by Crippen LogP contribution is -2.53. The van der Waals surface area contributed by atoms with Gasteiger partial charge in [0.2, 0.25) is 0 Å². The van der Waals surface area contributed by atoms with Gasteiger partial charge in [-0.25, -0.2) is 0 Å². The molecule has 0 aliphatic carbocycles. The van der Waals surface area contributed by atoms with E-state index < -0.39 is 0 Å². The number of piperazine rings is 1. The summed E-state index contributed by atoms with van der Waals surface area (Å²) in [5, 5.41) is 0. The zero-order valence-electron chi connectivity index (χ0n) is 14.1. The molecule has 4 nitrogen and oxygen atoms in total. The van der Waals surface area contributed by atoms with E-state index in [2.05, 4.69) is 16.7 Å². The Labute approximate surface area is 130 Å².